The topological polar surface area (TPSA) is 85.5 Å². The lowest BCUT2D eigenvalue weighted by molar-refractivity contribution is -0.00172. The van der Waals surface area contributed by atoms with Gasteiger partial charge in [-0.1, -0.05) is 0 Å². The third-order valence-electron chi connectivity index (χ3n) is 6.67. The summed E-state index contributed by atoms with van der Waals surface area (Å²) in [5.74, 6) is 2.66. The number of oxazole rings is 1. The van der Waals surface area contributed by atoms with E-state index in [0.29, 0.717) is 25.0 Å². The number of fused-ring (bicyclic) bond motifs is 2. The molecule has 2 fully saturated rings. The van der Waals surface area contributed by atoms with Crippen molar-refractivity contribution in [2.24, 2.45) is 0 Å². The first-order valence-corrected chi connectivity index (χ1v) is 12.2. The summed E-state index contributed by atoms with van der Waals surface area (Å²) in [7, 11) is 1.66. The molecule has 2 aliphatic rings. The standard InChI is InChI=1S/C27H31N5O3/c1-27(2,3)31-17-9-10-32(13-17)25-8-7-20-21(29-25)6-5-19(28-20)18-11-24-22(12-23(18)33-4)30-26(35-24)16-14-34-15-16/h5-8,11-12,16-17,31H,9-10,13-15H2,1-4H3. The number of rotatable bonds is 5. The van der Waals surface area contributed by atoms with E-state index in [1.807, 2.05) is 24.3 Å². The van der Waals surface area contributed by atoms with Crippen LogP contribution in [0.3, 0.4) is 0 Å². The molecule has 0 radical (unpaired) electrons. The average Bonchev–Trinajstić information content (AvgIpc) is 3.41. The van der Waals surface area contributed by atoms with Crippen LogP contribution in [0, 0.1) is 0 Å². The normalized spacial score (nSPS) is 19.0. The van der Waals surface area contributed by atoms with Gasteiger partial charge in [-0.25, -0.2) is 15.0 Å². The summed E-state index contributed by atoms with van der Waals surface area (Å²) in [6.07, 6.45) is 1.12. The summed E-state index contributed by atoms with van der Waals surface area (Å²) in [5, 5.41) is 3.71. The molecule has 1 atom stereocenters. The van der Waals surface area contributed by atoms with Crippen molar-refractivity contribution in [1.82, 2.24) is 20.3 Å². The molecule has 0 bridgehead atoms. The van der Waals surface area contributed by atoms with Gasteiger partial charge in [0.2, 0.25) is 5.89 Å². The zero-order valence-electron chi connectivity index (χ0n) is 20.7. The van der Waals surface area contributed by atoms with Crippen LogP contribution in [-0.4, -0.2) is 59.9 Å². The lowest BCUT2D eigenvalue weighted by Gasteiger charge is -2.26. The molecule has 5 heterocycles. The molecule has 1 unspecified atom stereocenters. The zero-order chi connectivity index (χ0) is 24.2. The molecule has 2 saturated heterocycles. The maximum atomic E-state index is 6.04. The average molecular weight is 474 g/mol. The van der Waals surface area contributed by atoms with E-state index >= 15 is 0 Å². The van der Waals surface area contributed by atoms with Crippen LogP contribution in [0.5, 0.6) is 5.75 Å². The van der Waals surface area contributed by atoms with Gasteiger partial charge in [-0.15, -0.1) is 0 Å². The van der Waals surface area contributed by atoms with Crippen LogP contribution in [0.4, 0.5) is 5.82 Å². The molecule has 0 spiro atoms. The number of nitrogens with zero attached hydrogens (tertiary/aromatic N) is 4. The fourth-order valence-electron chi connectivity index (χ4n) is 4.92. The van der Waals surface area contributed by atoms with Crippen molar-refractivity contribution in [2.45, 2.75) is 44.7 Å². The number of ether oxygens (including phenoxy) is 2. The molecule has 35 heavy (non-hydrogen) atoms. The number of methoxy groups -OCH3 is 1. The first-order chi connectivity index (χ1) is 16.9. The van der Waals surface area contributed by atoms with E-state index in [0.717, 1.165) is 64.6 Å². The highest BCUT2D eigenvalue weighted by Crippen LogP contribution is 2.36. The molecule has 8 heteroatoms. The zero-order valence-corrected chi connectivity index (χ0v) is 20.7. The Kier molecular flexibility index (Phi) is 5.38. The molecule has 0 saturated carbocycles. The Morgan fingerprint density at radius 1 is 1.00 bits per heavy atom. The van der Waals surface area contributed by atoms with Crippen LogP contribution < -0.4 is 15.0 Å². The Labute approximate surface area is 204 Å². The van der Waals surface area contributed by atoms with Crippen molar-refractivity contribution in [2.75, 3.05) is 38.3 Å². The van der Waals surface area contributed by atoms with Gasteiger partial charge in [-0.3, -0.25) is 0 Å². The minimum atomic E-state index is 0.112. The van der Waals surface area contributed by atoms with Crippen LogP contribution in [0.15, 0.2) is 40.8 Å². The number of benzene rings is 1. The first-order valence-electron chi connectivity index (χ1n) is 12.2. The van der Waals surface area contributed by atoms with E-state index in [1.54, 1.807) is 7.11 Å². The monoisotopic (exact) mass is 473 g/mol. The molecular formula is C27H31N5O3. The highest BCUT2D eigenvalue weighted by atomic mass is 16.5. The van der Waals surface area contributed by atoms with Gasteiger partial charge in [0.15, 0.2) is 5.58 Å². The third kappa shape index (κ3) is 4.32. The maximum Gasteiger partial charge on any atom is 0.203 e. The van der Waals surface area contributed by atoms with Crippen molar-refractivity contribution in [3.8, 4) is 17.0 Å². The second-order valence-corrected chi connectivity index (χ2v) is 10.5. The predicted molar refractivity (Wildman–Crippen MR) is 136 cm³/mol. The molecule has 0 amide bonds. The second-order valence-electron chi connectivity index (χ2n) is 10.5. The van der Waals surface area contributed by atoms with Gasteiger partial charge in [0.05, 0.1) is 43.0 Å². The van der Waals surface area contributed by atoms with Crippen LogP contribution in [0.1, 0.15) is 39.0 Å². The number of anilines is 1. The number of hydrogen-bond donors (Lipinski definition) is 1. The van der Waals surface area contributed by atoms with E-state index in [-0.39, 0.29) is 11.5 Å². The quantitative estimate of drug-likeness (QED) is 0.453. The second kappa shape index (κ2) is 8.46. The van der Waals surface area contributed by atoms with E-state index in [9.17, 15) is 0 Å². The Morgan fingerprint density at radius 3 is 2.54 bits per heavy atom. The van der Waals surface area contributed by atoms with Gasteiger partial charge < -0.3 is 24.1 Å². The minimum absolute atomic E-state index is 0.112. The summed E-state index contributed by atoms with van der Waals surface area (Å²) in [5.41, 5.74) is 5.03. The van der Waals surface area contributed by atoms with Gasteiger partial charge in [0, 0.05) is 36.3 Å². The molecule has 6 rings (SSSR count). The van der Waals surface area contributed by atoms with Crippen molar-refractivity contribution in [3.63, 3.8) is 0 Å². The fraction of sp³-hybridized carbons (Fsp3) is 0.444. The largest absolute Gasteiger partial charge is 0.496 e. The van der Waals surface area contributed by atoms with Crippen LogP contribution >= 0.6 is 0 Å². The minimum Gasteiger partial charge on any atom is -0.496 e. The number of hydrogen-bond acceptors (Lipinski definition) is 8. The molecule has 1 aromatic carbocycles. The van der Waals surface area contributed by atoms with Crippen LogP contribution in [-0.2, 0) is 4.74 Å². The molecule has 182 valence electrons. The lowest BCUT2D eigenvalue weighted by atomic mass is 10.1. The smallest absolute Gasteiger partial charge is 0.203 e. The van der Waals surface area contributed by atoms with Gasteiger partial charge >= 0.3 is 0 Å². The number of nitrogens with one attached hydrogen (secondary N) is 1. The van der Waals surface area contributed by atoms with Crippen LogP contribution in [0.25, 0.3) is 33.4 Å². The van der Waals surface area contributed by atoms with E-state index in [1.165, 1.54) is 0 Å². The highest BCUT2D eigenvalue weighted by Gasteiger charge is 2.28. The lowest BCUT2D eigenvalue weighted by Crippen LogP contribution is -2.44. The molecule has 0 aliphatic carbocycles. The molecule has 4 aromatic rings. The SMILES string of the molecule is COc1cc2nc(C3COC3)oc2cc1-c1ccc2nc(N3CCC(NC(C)(C)C)C3)ccc2n1. The highest BCUT2D eigenvalue weighted by molar-refractivity contribution is 5.86. The number of aromatic nitrogens is 3. The van der Waals surface area contributed by atoms with Gasteiger partial charge in [-0.05, 0) is 57.5 Å². The summed E-state index contributed by atoms with van der Waals surface area (Å²) in [6.45, 7) is 9.91. The van der Waals surface area contributed by atoms with Crippen molar-refractivity contribution in [3.05, 3.63) is 42.3 Å². The van der Waals surface area contributed by atoms with E-state index < -0.39 is 0 Å². The Hall–Kier alpha value is -3.23. The third-order valence-corrected chi connectivity index (χ3v) is 6.67. The molecule has 8 nitrogen and oxygen atoms in total. The van der Waals surface area contributed by atoms with Crippen molar-refractivity contribution in [1.29, 1.82) is 0 Å². The maximum absolute atomic E-state index is 6.04. The van der Waals surface area contributed by atoms with Crippen molar-refractivity contribution >= 4 is 28.0 Å². The molecule has 1 N–H and O–H groups in total. The molecular weight excluding hydrogens is 442 g/mol. The Balaban J connectivity index is 1.29. The number of pyridine rings is 2. The van der Waals surface area contributed by atoms with E-state index in [2.05, 4.69) is 48.1 Å². The summed E-state index contributed by atoms with van der Waals surface area (Å²) in [4.78, 5) is 16.8. The summed E-state index contributed by atoms with van der Waals surface area (Å²) in [6, 6.07) is 12.5. The van der Waals surface area contributed by atoms with E-state index in [4.69, 9.17) is 23.9 Å². The Bertz CT molecular complexity index is 1390. The summed E-state index contributed by atoms with van der Waals surface area (Å²) < 4.78 is 17.0. The van der Waals surface area contributed by atoms with Gasteiger partial charge in [0.1, 0.15) is 17.1 Å². The van der Waals surface area contributed by atoms with Crippen molar-refractivity contribution < 1.29 is 13.9 Å². The Morgan fingerprint density at radius 2 is 1.80 bits per heavy atom. The summed E-state index contributed by atoms with van der Waals surface area (Å²) >= 11 is 0. The van der Waals surface area contributed by atoms with Gasteiger partial charge in [0.25, 0.3) is 0 Å². The predicted octanol–water partition coefficient (Wildman–Crippen LogP) is 4.53. The van der Waals surface area contributed by atoms with Gasteiger partial charge in [-0.2, -0.15) is 0 Å². The first kappa shape index (κ1) is 22.2. The van der Waals surface area contributed by atoms with Crippen LogP contribution in [0.2, 0.25) is 0 Å². The molecule has 2 aliphatic heterocycles. The molecule has 3 aromatic heterocycles. The fourth-order valence-corrected chi connectivity index (χ4v) is 4.92.